The third-order valence-corrected chi connectivity index (χ3v) is 4.52. The van der Waals surface area contributed by atoms with Gasteiger partial charge in [-0.1, -0.05) is 0 Å². The third kappa shape index (κ3) is 4.02. The highest BCUT2D eigenvalue weighted by Gasteiger charge is 2.24. The first-order chi connectivity index (χ1) is 12.0. The van der Waals surface area contributed by atoms with E-state index in [0.717, 1.165) is 18.5 Å². The molecule has 1 aromatic heterocycles. The molecule has 1 fully saturated rings. The summed E-state index contributed by atoms with van der Waals surface area (Å²) in [5, 5.41) is 3.08. The molecule has 6 nitrogen and oxygen atoms in total. The Morgan fingerprint density at radius 3 is 2.20 bits per heavy atom. The highest BCUT2D eigenvalue weighted by atomic mass is 16.2. The fourth-order valence-electron chi connectivity index (χ4n) is 3.06. The van der Waals surface area contributed by atoms with Gasteiger partial charge in [-0.05, 0) is 49.2 Å². The van der Waals surface area contributed by atoms with Crippen LogP contribution in [0.4, 0.5) is 4.79 Å². The van der Waals surface area contributed by atoms with Crippen LogP contribution in [0, 0.1) is 0 Å². The minimum Gasteiger partial charge on any atom is -0.349 e. The summed E-state index contributed by atoms with van der Waals surface area (Å²) in [6.45, 7) is 1.35. The zero-order valence-electron chi connectivity index (χ0n) is 14.7. The van der Waals surface area contributed by atoms with Crippen molar-refractivity contribution in [3.05, 3.63) is 54.4 Å². The zero-order valence-corrected chi connectivity index (χ0v) is 14.7. The zero-order chi connectivity index (χ0) is 17.8. The molecule has 3 amide bonds. The average Bonchev–Trinajstić information content (AvgIpc) is 3.16. The Hall–Kier alpha value is -2.76. The molecule has 0 unspecified atom stereocenters. The van der Waals surface area contributed by atoms with Crippen molar-refractivity contribution in [2.24, 2.45) is 0 Å². The summed E-state index contributed by atoms with van der Waals surface area (Å²) < 4.78 is 2.00. The van der Waals surface area contributed by atoms with E-state index in [1.54, 1.807) is 19.0 Å². The van der Waals surface area contributed by atoms with Gasteiger partial charge in [0.15, 0.2) is 0 Å². The molecule has 1 saturated heterocycles. The van der Waals surface area contributed by atoms with Crippen molar-refractivity contribution < 1.29 is 9.59 Å². The molecule has 0 spiro atoms. The Morgan fingerprint density at radius 2 is 1.64 bits per heavy atom. The summed E-state index contributed by atoms with van der Waals surface area (Å²) in [5.41, 5.74) is 1.68. The van der Waals surface area contributed by atoms with Gasteiger partial charge in [-0.15, -0.1) is 0 Å². The van der Waals surface area contributed by atoms with E-state index in [2.05, 4.69) is 5.32 Å². The van der Waals surface area contributed by atoms with Crippen molar-refractivity contribution in [3.63, 3.8) is 0 Å². The second-order valence-electron chi connectivity index (χ2n) is 6.55. The van der Waals surface area contributed by atoms with Crippen LogP contribution in [0.2, 0.25) is 0 Å². The standard InChI is InChI=1S/C19H24N4O2/c1-21(2)19(25)23-13-9-16(10-14-23)20-18(24)15-5-7-17(8-6-15)22-11-3-4-12-22/h3-8,11-12,16H,9-10,13-14H2,1-2H3,(H,20,24). The van der Waals surface area contributed by atoms with Gasteiger partial charge in [-0.25, -0.2) is 4.79 Å². The topological polar surface area (TPSA) is 57.6 Å². The molecule has 1 aromatic carbocycles. The van der Waals surface area contributed by atoms with Crippen molar-refractivity contribution in [3.8, 4) is 5.69 Å². The van der Waals surface area contributed by atoms with E-state index in [-0.39, 0.29) is 18.0 Å². The van der Waals surface area contributed by atoms with Gasteiger partial charge in [-0.2, -0.15) is 0 Å². The van der Waals surface area contributed by atoms with E-state index in [1.165, 1.54) is 0 Å². The van der Waals surface area contributed by atoms with Gasteiger partial charge >= 0.3 is 6.03 Å². The molecule has 2 aromatic rings. The maximum absolute atomic E-state index is 12.4. The summed E-state index contributed by atoms with van der Waals surface area (Å²) in [5.74, 6) is -0.0588. The molecule has 3 rings (SSSR count). The van der Waals surface area contributed by atoms with Crippen molar-refractivity contribution in [1.82, 2.24) is 19.7 Å². The number of aromatic nitrogens is 1. The number of nitrogens with zero attached hydrogens (tertiary/aromatic N) is 3. The van der Waals surface area contributed by atoms with Crippen molar-refractivity contribution in [2.45, 2.75) is 18.9 Å². The predicted octanol–water partition coefficient (Wildman–Crippen LogP) is 2.35. The lowest BCUT2D eigenvalue weighted by Gasteiger charge is -2.33. The molecule has 6 heteroatoms. The van der Waals surface area contributed by atoms with Gasteiger partial charge in [0, 0.05) is 56.9 Å². The molecular formula is C19H24N4O2. The number of carbonyl (C=O) groups excluding carboxylic acids is 2. The van der Waals surface area contributed by atoms with Crippen LogP contribution in [0.3, 0.4) is 0 Å². The Balaban J connectivity index is 1.54. The lowest BCUT2D eigenvalue weighted by Crippen LogP contribution is -2.49. The lowest BCUT2D eigenvalue weighted by atomic mass is 10.0. The predicted molar refractivity (Wildman–Crippen MR) is 96.9 cm³/mol. The monoisotopic (exact) mass is 340 g/mol. The van der Waals surface area contributed by atoms with Crippen molar-refractivity contribution >= 4 is 11.9 Å². The van der Waals surface area contributed by atoms with Crippen LogP contribution in [0.15, 0.2) is 48.8 Å². The fourth-order valence-corrected chi connectivity index (χ4v) is 3.06. The number of likely N-dealkylation sites (tertiary alicyclic amines) is 1. The number of piperidine rings is 1. The summed E-state index contributed by atoms with van der Waals surface area (Å²) in [4.78, 5) is 27.8. The number of amides is 3. The second kappa shape index (κ2) is 7.42. The molecule has 0 atom stereocenters. The molecule has 2 heterocycles. The highest BCUT2D eigenvalue weighted by molar-refractivity contribution is 5.94. The van der Waals surface area contributed by atoms with E-state index in [1.807, 2.05) is 58.3 Å². The quantitative estimate of drug-likeness (QED) is 0.932. The van der Waals surface area contributed by atoms with Gasteiger partial charge < -0.3 is 19.7 Å². The summed E-state index contributed by atoms with van der Waals surface area (Å²) in [6, 6.07) is 11.6. The molecular weight excluding hydrogens is 316 g/mol. The van der Waals surface area contributed by atoms with Crippen LogP contribution in [0.25, 0.3) is 5.69 Å². The van der Waals surface area contributed by atoms with Gasteiger partial charge in [0.25, 0.3) is 5.91 Å². The highest BCUT2D eigenvalue weighted by Crippen LogP contribution is 2.14. The number of rotatable bonds is 3. The molecule has 0 radical (unpaired) electrons. The second-order valence-corrected chi connectivity index (χ2v) is 6.55. The smallest absolute Gasteiger partial charge is 0.319 e. The average molecular weight is 340 g/mol. The number of hydrogen-bond donors (Lipinski definition) is 1. The van der Waals surface area contributed by atoms with Crippen LogP contribution >= 0.6 is 0 Å². The third-order valence-electron chi connectivity index (χ3n) is 4.52. The van der Waals surface area contributed by atoms with Gasteiger partial charge in [0.1, 0.15) is 0 Å². The van der Waals surface area contributed by atoms with Gasteiger partial charge in [-0.3, -0.25) is 4.79 Å². The maximum Gasteiger partial charge on any atom is 0.319 e. The number of benzene rings is 1. The van der Waals surface area contributed by atoms with Crippen LogP contribution < -0.4 is 5.32 Å². The van der Waals surface area contributed by atoms with Crippen molar-refractivity contribution in [1.29, 1.82) is 0 Å². The van der Waals surface area contributed by atoms with Crippen LogP contribution in [0.1, 0.15) is 23.2 Å². The first-order valence-corrected chi connectivity index (χ1v) is 8.55. The number of nitrogens with one attached hydrogen (secondary N) is 1. The summed E-state index contributed by atoms with van der Waals surface area (Å²) in [7, 11) is 3.52. The minimum absolute atomic E-state index is 0.0328. The van der Waals surface area contributed by atoms with E-state index < -0.39 is 0 Å². The summed E-state index contributed by atoms with van der Waals surface area (Å²) >= 11 is 0. The Bertz CT molecular complexity index is 714. The summed E-state index contributed by atoms with van der Waals surface area (Å²) in [6.07, 6.45) is 5.51. The number of hydrogen-bond acceptors (Lipinski definition) is 2. The molecule has 1 aliphatic rings. The van der Waals surface area contributed by atoms with Crippen LogP contribution in [-0.2, 0) is 0 Å². The maximum atomic E-state index is 12.4. The van der Waals surface area contributed by atoms with E-state index in [9.17, 15) is 9.59 Å². The molecule has 25 heavy (non-hydrogen) atoms. The van der Waals surface area contributed by atoms with Crippen molar-refractivity contribution in [2.75, 3.05) is 27.2 Å². The van der Waals surface area contributed by atoms with E-state index in [4.69, 9.17) is 0 Å². The fraction of sp³-hybridized carbons (Fsp3) is 0.368. The minimum atomic E-state index is -0.0588. The Morgan fingerprint density at radius 1 is 1.04 bits per heavy atom. The molecule has 1 N–H and O–H groups in total. The van der Waals surface area contributed by atoms with Gasteiger partial charge in [0.2, 0.25) is 0 Å². The molecule has 1 aliphatic heterocycles. The Kier molecular flexibility index (Phi) is 5.07. The van der Waals surface area contributed by atoms with E-state index >= 15 is 0 Å². The van der Waals surface area contributed by atoms with Crippen LogP contribution in [-0.4, -0.2) is 59.5 Å². The number of urea groups is 1. The molecule has 0 saturated carbocycles. The molecule has 0 aliphatic carbocycles. The SMILES string of the molecule is CN(C)C(=O)N1CCC(NC(=O)c2ccc(-n3cccc3)cc2)CC1. The number of carbonyl (C=O) groups is 2. The van der Waals surface area contributed by atoms with Crippen LogP contribution in [0.5, 0.6) is 0 Å². The molecule has 0 bridgehead atoms. The van der Waals surface area contributed by atoms with E-state index in [0.29, 0.717) is 18.7 Å². The van der Waals surface area contributed by atoms with Gasteiger partial charge in [0.05, 0.1) is 0 Å². The first-order valence-electron chi connectivity index (χ1n) is 8.55. The largest absolute Gasteiger partial charge is 0.349 e. The lowest BCUT2D eigenvalue weighted by molar-refractivity contribution is 0.0914. The Labute approximate surface area is 148 Å². The first kappa shape index (κ1) is 17.1. The molecule has 132 valence electrons. The normalized spacial score (nSPS) is 15.0.